The van der Waals surface area contributed by atoms with Gasteiger partial charge in [0.05, 0.1) is 42.8 Å². The molecule has 13 heteroatoms. The highest BCUT2D eigenvalue weighted by Gasteiger charge is 2.46. The number of aliphatic hydroxyl groups is 1. The summed E-state index contributed by atoms with van der Waals surface area (Å²) < 4.78 is 60.5. The maximum Gasteiger partial charge on any atom is 0.407 e. The number of carbonyl (C=O) groups excluding carboxylic acids is 2. The second kappa shape index (κ2) is 12.2. The third-order valence-corrected chi connectivity index (χ3v) is 7.08. The minimum atomic E-state index is -1.46. The standard InChI is InChI=1S/C30H33F3N4O6/c1-15-30(5,40)23(37-28(39)43-29(2,3)4)13-22(42-15)16-11-12-34-14-20(16)36-27(38)19-9-7-18(32)26(35-19)24-17(31)8-10-21(41-6)25(24)33/h7-12,14-15,22-23,40H,13H2,1-6H3,(H,36,38)(H,37,39)/t15-,22-,23-,30-/m1/s1. The molecule has 0 radical (unpaired) electrons. The molecule has 43 heavy (non-hydrogen) atoms. The van der Waals surface area contributed by atoms with E-state index in [9.17, 15) is 27.9 Å². The fourth-order valence-electron chi connectivity index (χ4n) is 4.66. The molecule has 2 amide bonds. The number of anilines is 1. The Hall–Kier alpha value is -4.23. The Kier molecular flexibility index (Phi) is 8.97. The van der Waals surface area contributed by atoms with E-state index in [0.29, 0.717) is 5.56 Å². The van der Waals surface area contributed by atoms with Crippen LogP contribution in [0.15, 0.2) is 42.7 Å². The molecule has 1 saturated heterocycles. The lowest BCUT2D eigenvalue weighted by atomic mass is 9.82. The van der Waals surface area contributed by atoms with Gasteiger partial charge in [-0.25, -0.2) is 22.9 Å². The van der Waals surface area contributed by atoms with E-state index < -0.39 is 70.2 Å². The molecule has 0 saturated carbocycles. The Morgan fingerprint density at radius 2 is 1.81 bits per heavy atom. The minimum absolute atomic E-state index is 0.108. The average molecular weight is 603 g/mol. The molecule has 1 aliphatic heterocycles. The van der Waals surface area contributed by atoms with Crippen LogP contribution in [0.5, 0.6) is 5.75 Å². The van der Waals surface area contributed by atoms with Gasteiger partial charge in [0, 0.05) is 18.2 Å². The second-order valence-corrected chi connectivity index (χ2v) is 11.3. The van der Waals surface area contributed by atoms with Crippen LogP contribution < -0.4 is 15.4 Å². The van der Waals surface area contributed by atoms with Gasteiger partial charge in [-0.2, -0.15) is 0 Å². The summed E-state index contributed by atoms with van der Waals surface area (Å²) in [6, 6.07) is 4.70. The first kappa shape index (κ1) is 31.7. The molecule has 10 nitrogen and oxygen atoms in total. The topological polar surface area (TPSA) is 132 Å². The van der Waals surface area contributed by atoms with Crippen LogP contribution in [-0.2, 0) is 9.47 Å². The van der Waals surface area contributed by atoms with Crippen molar-refractivity contribution in [2.45, 2.75) is 70.5 Å². The van der Waals surface area contributed by atoms with Gasteiger partial charge in [-0.1, -0.05) is 0 Å². The predicted octanol–water partition coefficient (Wildman–Crippen LogP) is 5.32. The van der Waals surface area contributed by atoms with Crippen LogP contribution in [0.25, 0.3) is 11.3 Å². The first-order chi connectivity index (χ1) is 20.1. The lowest BCUT2D eigenvalue weighted by Crippen LogP contribution is -2.61. The summed E-state index contributed by atoms with van der Waals surface area (Å²) in [7, 11) is 1.17. The molecule has 230 valence electrons. The molecular formula is C30H33F3N4O6. The number of nitrogens with zero attached hydrogens (tertiary/aromatic N) is 2. The first-order valence-corrected chi connectivity index (χ1v) is 13.4. The zero-order valence-corrected chi connectivity index (χ0v) is 24.5. The second-order valence-electron chi connectivity index (χ2n) is 11.3. The number of amides is 2. The fraction of sp³-hybridized carbons (Fsp3) is 0.400. The van der Waals surface area contributed by atoms with Crippen molar-refractivity contribution in [3.63, 3.8) is 0 Å². The predicted molar refractivity (Wildman–Crippen MR) is 150 cm³/mol. The van der Waals surface area contributed by atoms with E-state index in [1.54, 1.807) is 33.8 Å². The smallest absolute Gasteiger partial charge is 0.407 e. The number of ether oxygens (including phenoxy) is 3. The van der Waals surface area contributed by atoms with Gasteiger partial charge in [0.25, 0.3) is 5.91 Å². The monoisotopic (exact) mass is 602 g/mol. The summed E-state index contributed by atoms with van der Waals surface area (Å²) in [6.07, 6.45) is 0.760. The van der Waals surface area contributed by atoms with Crippen LogP contribution >= 0.6 is 0 Å². The summed E-state index contributed by atoms with van der Waals surface area (Å²) in [5, 5.41) is 16.5. The number of rotatable bonds is 6. The number of alkyl carbamates (subject to hydrolysis) is 1. The Morgan fingerprint density at radius 3 is 2.49 bits per heavy atom. The zero-order valence-electron chi connectivity index (χ0n) is 24.5. The van der Waals surface area contributed by atoms with Crippen molar-refractivity contribution >= 4 is 17.7 Å². The number of carbonyl (C=O) groups is 2. The van der Waals surface area contributed by atoms with Crippen LogP contribution in [0.2, 0.25) is 0 Å². The number of nitrogens with one attached hydrogen (secondary N) is 2. The molecule has 0 bridgehead atoms. The van der Waals surface area contributed by atoms with Crippen LogP contribution in [0.1, 0.15) is 63.2 Å². The van der Waals surface area contributed by atoms with E-state index in [-0.39, 0.29) is 23.6 Å². The summed E-state index contributed by atoms with van der Waals surface area (Å²) in [5.41, 5.74) is -3.37. The SMILES string of the molecule is COc1ccc(F)c(-c2nc(C(=O)Nc3cnccc3[C@H]3C[C@@H](NC(=O)OC(C)(C)C)[C@](C)(O)[C@@H](C)O3)ccc2F)c1F. The van der Waals surface area contributed by atoms with Gasteiger partial charge < -0.3 is 30.0 Å². The molecule has 1 aromatic carbocycles. The van der Waals surface area contributed by atoms with Crippen LogP contribution in [0.4, 0.5) is 23.7 Å². The number of benzene rings is 1. The quantitative estimate of drug-likeness (QED) is 0.346. The highest BCUT2D eigenvalue weighted by Crippen LogP contribution is 2.39. The number of hydrogen-bond acceptors (Lipinski definition) is 8. The van der Waals surface area contributed by atoms with Crippen molar-refractivity contribution in [3.05, 3.63) is 71.4 Å². The molecule has 4 rings (SSSR count). The molecule has 0 aliphatic carbocycles. The number of pyridine rings is 2. The van der Waals surface area contributed by atoms with Crippen LogP contribution in [-0.4, -0.2) is 57.5 Å². The van der Waals surface area contributed by atoms with Crippen molar-refractivity contribution in [3.8, 4) is 17.0 Å². The molecule has 2 aromatic heterocycles. The molecular weight excluding hydrogens is 569 g/mol. The number of halogens is 3. The maximum absolute atomic E-state index is 14.9. The molecule has 3 N–H and O–H groups in total. The summed E-state index contributed by atoms with van der Waals surface area (Å²) >= 11 is 0. The first-order valence-electron chi connectivity index (χ1n) is 13.4. The zero-order chi connectivity index (χ0) is 31.7. The number of methoxy groups -OCH3 is 1. The summed E-state index contributed by atoms with van der Waals surface area (Å²) in [6.45, 7) is 8.34. The third-order valence-electron chi connectivity index (χ3n) is 7.08. The lowest BCUT2D eigenvalue weighted by Gasteiger charge is -2.45. The summed E-state index contributed by atoms with van der Waals surface area (Å²) in [4.78, 5) is 33.8. The van der Waals surface area contributed by atoms with E-state index in [1.165, 1.54) is 26.4 Å². The summed E-state index contributed by atoms with van der Waals surface area (Å²) in [5.74, 6) is -4.46. The van der Waals surface area contributed by atoms with Gasteiger partial charge in [-0.3, -0.25) is 9.78 Å². The van der Waals surface area contributed by atoms with Crippen LogP contribution in [0.3, 0.4) is 0 Å². The number of aromatic nitrogens is 2. The van der Waals surface area contributed by atoms with Crippen LogP contribution in [0, 0.1) is 17.5 Å². The van der Waals surface area contributed by atoms with E-state index in [0.717, 1.165) is 24.3 Å². The normalized spacial score (nSPS) is 22.0. The Labute approximate surface area is 246 Å². The van der Waals surface area contributed by atoms with E-state index in [1.807, 2.05) is 0 Å². The van der Waals surface area contributed by atoms with E-state index >= 15 is 0 Å². The molecule has 3 heterocycles. The van der Waals surface area contributed by atoms with Gasteiger partial charge in [0.2, 0.25) is 0 Å². The molecule has 4 atom stereocenters. The molecule has 0 spiro atoms. The van der Waals surface area contributed by atoms with Crippen molar-refractivity contribution in [2.75, 3.05) is 12.4 Å². The number of hydrogen-bond donors (Lipinski definition) is 3. The van der Waals surface area contributed by atoms with Crippen molar-refractivity contribution in [2.24, 2.45) is 0 Å². The van der Waals surface area contributed by atoms with E-state index in [2.05, 4.69) is 20.6 Å². The Morgan fingerprint density at radius 1 is 1.12 bits per heavy atom. The van der Waals surface area contributed by atoms with Gasteiger partial charge in [-0.05, 0) is 65.0 Å². The van der Waals surface area contributed by atoms with Crippen molar-refractivity contribution in [1.82, 2.24) is 15.3 Å². The van der Waals surface area contributed by atoms with Gasteiger partial charge in [0.1, 0.15) is 34.2 Å². The minimum Gasteiger partial charge on any atom is -0.494 e. The fourth-order valence-corrected chi connectivity index (χ4v) is 4.66. The van der Waals surface area contributed by atoms with E-state index in [4.69, 9.17) is 14.2 Å². The largest absolute Gasteiger partial charge is 0.494 e. The van der Waals surface area contributed by atoms with Gasteiger partial charge in [-0.15, -0.1) is 0 Å². The molecule has 1 aliphatic rings. The average Bonchev–Trinajstić information content (AvgIpc) is 2.91. The highest BCUT2D eigenvalue weighted by atomic mass is 19.1. The third kappa shape index (κ3) is 6.89. The van der Waals surface area contributed by atoms with Gasteiger partial charge >= 0.3 is 6.09 Å². The van der Waals surface area contributed by atoms with Crippen molar-refractivity contribution in [1.29, 1.82) is 0 Å². The Bertz CT molecular complexity index is 1530. The molecule has 3 aromatic rings. The molecule has 1 fully saturated rings. The highest BCUT2D eigenvalue weighted by molar-refractivity contribution is 6.03. The Balaban J connectivity index is 1.61. The maximum atomic E-state index is 14.9. The lowest BCUT2D eigenvalue weighted by molar-refractivity contribution is -0.176. The molecule has 0 unspecified atom stereocenters. The van der Waals surface area contributed by atoms with Gasteiger partial charge in [0.15, 0.2) is 11.6 Å². The van der Waals surface area contributed by atoms with Crippen molar-refractivity contribution < 1.29 is 42.1 Å².